The van der Waals surface area contributed by atoms with E-state index in [0.717, 1.165) is 49.8 Å². The van der Waals surface area contributed by atoms with Gasteiger partial charge in [-0.2, -0.15) is 0 Å². The molecule has 0 amide bonds. The van der Waals surface area contributed by atoms with Gasteiger partial charge in [-0.05, 0) is 68.7 Å². The van der Waals surface area contributed by atoms with Gasteiger partial charge < -0.3 is 19.3 Å². The largest absolute Gasteiger partial charge is 0.497 e. The normalized spacial score (nSPS) is 23.1. The zero-order valence-electron chi connectivity index (χ0n) is 14.9. The number of methoxy groups -OCH3 is 3. The molecule has 2 rings (SSSR count). The molecule has 24 heavy (non-hydrogen) atoms. The molecule has 0 bridgehead atoms. The zero-order valence-corrected chi connectivity index (χ0v) is 14.9. The highest BCUT2D eigenvalue weighted by molar-refractivity contribution is 5.40. The third-order valence-electron chi connectivity index (χ3n) is 4.82. The average molecular weight is 332 g/mol. The summed E-state index contributed by atoms with van der Waals surface area (Å²) in [6.07, 6.45) is 5.38. The van der Waals surface area contributed by atoms with Crippen LogP contribution in [0, 0.1) is 17.8 Å². The fourth-order valence-corrected chi connectivity index (χ4v) is 3.33. The van der Waals surface area contributed by atoms with Crippen LogP contribution in [0.1, 0.15) is 44.1 Å². The Labute approximate surface area is 145 Å². The molecule has 4 nitrogen and oxygen atoms in total. The first kappa shape index (κ1) is 18.8. The lowest BCUT2D eigenvalue weighted by Gasteiger charge is -2.25. The fraction of sp³-hybridized carbons (Fsp3) is 0.600. The molecule has 1 aromatic carbocycles. The van der Waals surface area contributed by atoms with E-state index in [4.69, 9.17) is 14.2 Å². The molecule has 1 saturated carbocycles. The highest BCUT2D eigenvalue weighted by atomic mass is 16.7. The lowest BCUT2D eigenvalue weighted by Crippen LogP contribution is -2.31. The van der Waals surface area contributed by atoms with Crippen LogP contribution in [0.25, 0.3) is 0 Å². The Bertz CT molecular complexity index is 553. The van der Waals surface area contributed by atoms with Crippen molar-refractivity contribution in [1.29, 1.82) is 0 Å². The average Bonchev–Trinajstić information content (AvgIpc) is 2.98. The first-order valence-corrected chi connectivity index (χ1v) is 8.56. The van der Waals surface area contributed by atoms with E-state index in [1.54, 1.807) is 21.3 Å². The van der Waals surface area contributed by atoms with Gasteiger partial charge in [-0.25, -0.2) is 0 Å². The Morgan fingerprint density at radius 3 is 2.54 bits per heavy atom. The maximum absolute atomic E-state index is 10.9. The number of hydrogen-bond acceptors (Lipinski definition) is 4. The molecule has 0 radical (unpaired) electrons. The molecular formula is C20H28O4. The second-order valence-corrected chi connectivity index (χ2v) is 6.32. The summed E-state index contributed by atoms with van der Waals surface area (Å²) in [5, 5.41) is 10.9. The quantitative estimate of drug-likeness (QED) is 0.614. The van der Waals surface area contributed by atoms with Crippen molar-refractivity contribution in [2.45, 2.75) is 50.4 Å². The Kier molecular flexibility index (Phi) is 7.11. The number of hydrogen-bond donors (Lipinski definition) is 1. The summed E-state index contributed by atoms with van der Waals surface area (Å²) in [7, 11) is 4.95. The summed E-state index contributed by atoms with van der Waals surface area (Å²) >= 11 is 0. The maximum Gasteiger partial charge on any atom is 0.156 e. The van der Waals surface area contributed by atoms with Crippen LogP contribution in [-0.2, 0) is 9.47 Å². The molecule has 1 aliphatic rings. The van der Waals surface area contributed by atoms with Gasteiger partial charge in [0.1, 0.15) is 11.4 Å². The second-order valence-electron chi connectivity index (χ2n) is 6.32. The van der Waals surface area contributed by atoms with Crippen LogP contribution < -0.4 is 4.74 Å². The molecule has 132 valence electrons. The standard InChI is InChI=1S/C20H28O4/c1-22-18-11-9-16(10-12-18)13-15-20(21)14-5-7-17(20)6-4-8-19(23-2)24-3/h9-12,17,19,21H,4-8,14H2,1-3H3/t17-,20-/m0/s1. The third kappa shape index (κ3) is 4.98. The first-order chi connectivity index (χ1) is 11.6. The minimum atomic E-state index is -0.879. The predicted octanol–water partition coefficient (Wildman–Crippen LogP) is 3.37. The number of benzene rings is 1. The Morgan fingerprint density at radius 1 is 1.21 bits per heavy atom. The molecule has 1 fully saturated rings. The van der Waals surface area contributed by atoms with E-state index in [0.29, 0.717) is 0 Å². The van der Waals surface area contributed by atoms with E-state index in [1.165, 1.54) is 0 Å². The fourth-order valence-electron chi connectivity index (χ4n) is 3.33. The highest BCUT2D eigenvalue weighted by Crippen LogP contribution is 2.38. The van der Waals surface area contributed by atoms with Gasteiger partial charge in [0.2, 0.25) is 0 Å². The van der Waals surface area contributed by atoms with Gasteiger partial charge >= 0.3 is 0 Å². The van der Waals surface area contributed by atoms with Crippen LogP contribution in [0.4, 0.5) is 0 Å². The molecule has 0 spiro atoms. The lowest BCUT2D eigenvalue weighted by atomic mass is 9.87. The number of rotatable bonds is 7. The van der Waals surface area contributed by atoms with Gasteiger partial charge in [-0.15, -0.1) is 0 Å². The molecule has 4 heteroatoms. The van der Waals surface area contributed by atoms with Crippen molar-refractivity contribution < 1.29 is 19.3 Å². The van der Waals surface area contributed by atoms with Gasteiger partial charge in [0.25, 0.3) is 0 Å². The van der Waals surface area contributed by atoms with E-state index < -0.39 is 5.60 Å². The van der Waals surface area contributed by atoms with Gasteiger partial charge in [0.15, 0.2) is 6.29 Å². The molecule has 0 unspecified atom stereocenters. The van der Waals surface area contributed by atoms with Crippen molar-refractivity contribution >= 4 is 0 Å². The molecule has 0 heterocycles. The summed E-state index contributed by atoms with van der Waals surface area (Å²) in [6.45, 7) is 0. The van der Waals surface area contributed by atoms with E-state index in [9.17, 15) is 5.11 Å². The molecule has 1 aliphatic carbocycles. The van der Waals surface area contributed by atoms with Crippen LogP contribution in [0.2, 0.25) is 0 Å². The second kappa shape index (κ2) is 9.08. The SMILES string of the molecule is COc1ccc(C#C[C@@]2(O)CCC[C@@H]2CCCC(OC)OC)cc1. The Balaban J connectivity index is 1.95. The van der Waals surface area contributed by atoms with Gasteiger partial charge in [0, 0.05) is 19.8 Å². The molecule has 0 aliphatic heterocycles. The van der Waals surface area contributed by atoms with Gasteiger partial charge in [0.05, 0.1) is 7.11 Å². The lowest BCUT2D eigenvalue weighted by molar-refractivity contribution is -0.108. The summed E-state index contributed by atoms with van der Waals surface area (Å²) in [5.74, 6) is 7.28. The molecule has 1 N–H and O–H groups in total. The Hall–Kier alpha value is -1.54. The van der Waals surface area contributed by atoms with Crippen LogP contribution in [0.3, 0.4) is 0 Å². The minimum Gasteiger partial charge on any atom is -0.497 e. The molecule has 0 aromatic heterocycles. The topological polar surface area (TPSA) is 47.9 Å². The van der Waals surface area contributed by atoms with Crippen molar-refractivity contribution in [3.63, 3.8) is 0 Å². The number of aliphatic hydroxyl groups is 1. The minimum absolute atomic E-state index is 0.162. The van der Waals surface area contributed by atoms with Gasteiger partial charge in [-0.1, -0.05) is 11.8 Å². The third-order valence-corrected chi connectivity index (χ3v) is 4.82. The van der Waals surface area contributed by atoms with Crippen molar-refractivity contribution in [2.24, 2.45) is 5.92 Å². The highest BCUT2D eigenvalue weighted by Gasteiger charge is 2.39. The van der Waals surface area contributed by atoms with Crippen LogP contribution in [0.5, 0.6) is 5.75 Å². The van der Waals surface area contributed by atoms with E-state index in [1.807, 2.05) is 24.3 Å². The zero-order chi connectivity index (χ0) is 17.4. The monoisotopic (exact) mass is 332 g/mol. The summed E-state index contributed by atoms with van der Waals surface area (Å²) in [5.41, 5.74) is 0.0176. The predicted molar refractivity (Wildman–Crippen MR) is 93.8 cm³/mol. The molecule has 2 atom stereocenters. The molecular weight excluding hydrogens is 304 g/mol. The Morgan fingerprint density at radius 2 is 1.92 bits per heavy atom. The van der Waals surface area contributed by atoms with E-state index >= 15 is 0 Å². The van der Waals surface area contributed by atoms with Gasteiger partial charge in [-0.3, -0.25) is 0 Å². The van der Waals surface area contributed by atoms with E-state index in [2.05, 4.69) is 11.8 Å². The first-order valence-electron chi connectivity index (χ1n) is 8.56. The van der Waals surface area contributed by atoms with Crippen molar-refractivity contribution in [1.82, 2.24) is 0 Å². The summed E-state index contributed by atoms with van der Waals surface area (Å²) in [6, 6.07) is 7.60. The van der Waals surface area contributed by atoms with Crippen LogP contribution in [-0.4, -0.2) is 38.3 Å². The van der Waals surface area contributed by atoms with Crippen molar-refractivity contribution in [2.75, 3.05) is 21.3 Å². The molecule has 1 aromatic rings. The van der Waals surface area contributed by atoms with Crippen molar-refractivity contribution in [3.05, 3.63) is 29.8 Å². The van der Waals surface area contributed by atoms with Crippen molar-refractivity contribution in [3.8, 4) is 17.6 Å². The van der Waals surface area contributed by atoms with Crippen LogP contribution >= 0.6 is 0 Å². The number of ether oxygens (including phenoxy) is 3. The summed E-state index contributed by atoms with van der Waals surface area (Å²) in [4.78, 5) is 0. The van der Waals surface area contributed by atoms with Crippen LogP contribution in [0.15, 0.2) is 24.3 Å². The smallest absolute Gasteiger partial charge is 0.156 e. The summed E-state index contributed by atoms with van der Waals surface area (Å²) < 4.78 is 15.6. The van der Waals surface area contributed by atoms with E-state index in [-0.39, 0.29) is 12.2 Å². The maximum atomic E-state index is 10.9. The molecule has 0 saturated heterocycles.